The Morgan fingerprint density at radius 3 is 1.73 bits per heavy atom. The third-order valence-electron chi connectivity index (χ3n) is 6.31. The Balaban J connectivity index is 1.54. The molecule has 0 radical (unpaired) electrons. The molecule has 6 nitrogen and oxygen atoms in total. The average Bonchev–Trinajstić information content (AvgIpc) is 2.93. The van der Waals surface area contributed by atoms with Gasteiger partial charge in [0.25, 0.3) is 0 Å². The number of unbranched alkanes of at least 4 members (excludes halogenated alkanes) is 11. The molecular formula is C31H48N2O4. The van der Waals surface area contributed by atoms with Gasteiger partial charge in [-0.3, -0.25) is 4.79 Å². The molecule has 0 N–H and O–H groups in total. The zero-order valence-corrected chi connectivity index (χ0v) is 23.2. The van der Waals surface area contributed by atoms with Crippen molar-refractivity contribution in [2.45, 2.75) is 110 Å². The molecule has 2 aromatic rings. The van der Waals surface area contributed by atoms with Crippen LogP contribution in [0.15, 0.2) is 36.7 Å². The molecular weight excluding hydrogens is 464 g/mol. The van der Waals surface area contributed by atoms with Crippen LogP contribution in [0.5, 0.6) is 11.5 Å². The van der Waals surface area contributed by atoms with Gasteiger partial charge in [-0.15, -0.1) is 0 Å². The summed E-state index contributed by atoms with van der Waals surface area (Å²) < 4.78 is 16.9. The van der Waals surface area contributed by atoms with Crippen LogP contribution < -0.4 is 9.47 Å². The molecule has 0 spiro atoms. The number of benzene rings is 1. The van der Waals surface area contributed by atoms with Gasteiger partial charge in [-0.25, -0.2) is 9.97 Å². The van der Waals surface area contributed by atoms with Crippen molar-refractivity contribution in [3.63, 3.8) is 0 Å². The van der Waals surface area contributed by atoms with E-state index in [-0.39, 0.29) is 5.97 Å². The minimum absolute atomic E-state index is 0.0769. The van der Waals surface area contributed by atoms with Crippen molar-refractivity contribution in [2.75, 3.05) is 19.8 Å². The van der Waals surface area contributed by atoms with Crippen molar-refractivity contribution in [3.05, 3.63) is 36.7 Å². The molecule has 0 aliphatic heterocycles. The third kappa shape index (κ3) is 14.6. The largest absolute Gasteiger partial charge is 0.494 e. The van der Waals surface area contributed by atoms with E-state index in [9.17, 15) is 4.79 Å². The minimum Gasteiger partial charge on any atom is -0.494 e. The predicted molar refractivity (Wildman–Crippen MR) is 150 cm³/mol. The van der Waals surface area contributed by atoms with Gasteiger partial charge in [-0.1, -0.05) is 65.2 Å². The second-order valence-corrected chi connectivity index (χ2v) is 9.68. The molecule has 1 aromatic carbocycles. The molecule has 206 valence electrons. The Morgan fingerprint density at radius 1 is 0.622 bits per heavy atom. The lowest BCUT2D eigenvalue weighted by atomic mass is 10.1. The maximum Gasteiger partial charge on any atom is 0.305 e. The maximum absolute atomic E-state index is 11.5. The van der Waals surface area contributed by atoms with Gasteiger partial charge >= 0.3 is 5.97 Å². The number of hydrogen-bond donors (Lipinski definition) is 0. The summed E-state index contributed by atoms with van der Waals surface area (Å²) in [7, 11) is 0. The van der Waals surface area contributed by atoms with Crippen LogP contribution in [0.2, 0.25) is 0 Å². The normalized spacial score (nSPS) is 10.9. The van der Waals surface area contributed by atoms with Crippen LogP contribution in [0.4, 0.5) is 0 Å². The van der Waals surface area contributed by atoms with Crippen LogP contribution >= 0.6 is 0 Å². The van der Waals surface area contributed by atoms with Crippen molar-refractivity contribution in [1.29, 1.82) is 0 Å². The molecule has 1 aromatic heterocycles. The third-order valence-corrected chi connectivity index (χ3v) is 6.31. The summed E-state index contributed by atoms with van der Waals surface area (Å²) in [6, 6.07) is 7.97. The highest BCUT2D eigenvalue weighted by molar-refractivity contribution is 5.69. The molecule has 0 saturated carbocycles. The molecule has 1 heterocycles. The summed E-state index contributed by atoms with van der Waals surface area (Å²) in [5.41, 5.74) is 0.960. The number of aromatic nitrogens is 2. The molecule has 0 amide bonds. The highest BCUT2D eigenvalue weighted by atomic mass is 16.5. The topological polar surface area (TPSA) is 70.5 Å². The second-order valence-electron chi connectivity index (χ2n) is 9.68. The van der Waals surface area contributed by atoms with Gasteiger partial charge in [0, 0.05) is 12.0 Å². The first kappa shape index (κ1) is 30.6. The van der Waals surface area contributed by atoms with Crippen molar-refractivity contribution >= 4 is 5.97 Å². The van der Waals surface area contributed by atoms with Crippen LogP contribution in [0.25, 0.3) is 11.4 Å². The highest BCUT2D eigenvalue weighted by Gasteiger charge is 2.04. The summed E-state index contributed by atoms with van der Waals surface area (Å²) in [6.45, 7) is 6.25. The summed E-state index contributed by atoms with van der Waals surface area (Å²) in [5.74, 6) is 2.17. The molecule has 0 atom stereocenters. The first-order chi connectivity index (χ1) is 18.2. The Morgan fingerprint density at radius 2 is 1.14 bits per heavy atom. The van der Waals surface area contributed by atoms with E-state index in [0.717, 1.165) is 62.9 Å². The van der Waals surface area contributed by atoms with Gasteiger partial charge in [0.15, 0.2) is 11.6 Å². The molecule has 6 heteroatoms. The Bertz CT molecular complexity index is 824. The number of hydrogen-bond acceptors (Lipinski definition) is 6. The van der Waals surface area contributed by atoms with E-state index in [4.69, 9.17) is 14.2 Å². The quantitative estimate of drug-likeness (QED) is 0.117. The van der Waals surface area contributed by atoms with Crippen LogP contribution in [0.3, 0.4) is 0 Å². The number of carbonyl (C=O) groups is 1. The fourth-order valence-electron chi connectivity index (χ4n) is 3.99. The number of ether oxygens (including phenoxy) is 3. The Kier molecular flexibility index (Phi) is 16.9. The minimum atomic E-state index is -0.0769. The van der Waals surface area contributed by atoms with Gasteiger partial charge in [-0.05, 0) is 62.8 Å². The summed E-state index contributed by atoms with van der Waals surface area (Å²) in [4.78, 5) is 20.4. The van der Waals surface area contributed by atoms with E-state index in [0.29, 0.717) is 31.2 Å². The maximum atomic E-state index is 11.5. The lowest BCUT2D eigenvalue weighted by Gasteiger charge is -2.08. The van der Waals surface area contributed by atoms with Crippen LogP contribution in [0.1, 0.15) is 110 Å². The monoisotopic (exact) mass is 512 g/mol. The van der Waals surface area contributed by atoms with E-state index in [2.05, 4.69) is 23.8 Å². The molecule has 0 aliphatic carbocycles. The second kappa shape index (κ2) is 20.4. The highest BCUT2D eigenvalue weighted by Crippen LogP contribution is 2.21. The zero-order valence-electron chi connectivity index (χ0n) is 23.2. The van der Waals surface area contributed by atoms with Gasteiger partial charge < -0.3 is 14.2 Å². The summed E-state index contributed by atoms with van der Waals surface area (Å²) in [5, 5.41) is 0. The van der Waals surface area contributed by atoms with Crippen LogP contribution in [-0.4, -0.2) is 35.8 Å². The fourth-order valence-corrected chi connectivity index (χ4v) is 3.99. The van der Waals surface area contributed by atoms with Crippen molar-refractivity contribution in [2.24, 2.45) is 0 Å². The van der Waals surface area contributed by atoms with E-state index < -0.39 is 0 Å². The van der Waals surface area contributed by atoms with Gasteiger partial charge in [-0.2, -0.15) is 0 Å². The first-order valence-corrected chi connectivity index (χ1v) is 14.6. The Hall–Kier alpha value is -2.63. The van der Waals surface area contributed by atoms with Crippen LogP contribution in [-0.2, 0) is 9.53 Å². The molecule has 2 rings (SSSR count). The van der Waals surface area contributed by atoms with Crippen LogP contribution in [0, 0.1) is 0 Å². The first-order valence-electron chi connectivity index (χ1n) is 14.6. The molecule has 37 heavy (non-hydrogen) atoms. The van der Waals surface area contributed by atoms with Gasteiger partial charge in [0.1, 0.15) is 5.75 Å². The zero-order chi connectivity index (χ0) is 26.4. The molecule has 0 fully saturated rings. The van der Waals surface area contributed by atoms with Crippen molar-refractivity contribution in [3.8, 4) is 22.9 Å². The van der Waals surface area contributed by atoms with E-state index in [1.807, 2.05) is 24.3 Å². The smallest absolute Gasteiger partial charge is 0.305 e. The molecule has 0 aliphatic rings. The lowest BCUT2D eigenvalue weighted by molar-refractivity contribution is -0.143. The van der Waals surface area contributed by atoms with Gasteiger partial charge in [0.2, 0.25) is 0 Å². The van der Waals surface area contributed by atoms with E-state index >= 15 is 0 Å². The predicted octanol–water partition coefficient (Wildman–Crippen LogP) is 8.34. The number of nitrogens with zero attached hydrogens (tertiary/aromatic N) is 2. The lowest BCUT2D eigenvalue weighted by Crippen LogP contribution is -2.05. The summed E-state index contributed by atoms with van der Waals surface area (Å²) in [6.07, 6.45) is 20.2. The summed E-state index contributed by atoms with van der Waals surface area (Å²) >= 11 is 0. The fraction of sp³-hybridized carbons (Fsp3) is 0.645. The molecule has 0 saturated heterocycles. The van der Waals surface area contributed by atoms with Gasteiger partial charge in [0.05, 0.1) is 32.2 Å². The SMILES string of the molecule is CCCCCCCCCCOc1ccc(-c2ncc(OCCCCCCOC(=O)CCCC)cn2)cc1. The molecule has 0 unspecified atom stereocenters. The number of carbonyl (C=O) groups excluding carboxylic acids is 1. The standard InChI is InChI=1S/C31H48N2O4/c1-3-5-7-8-9-10-11-14-22-35-28-20-18-27(19-21-28)31-32-25-29(26-33-31)36-23-15-12-13-16-24-37-30(34)17-6-4-2/h18-21,25-26H,3-17,22-24H2,1-2H3. The van der Waals surface area contributed by atoms with E-state index in [1.165, 1.54) is 44.9 Å². The van der Waals surface area contributed by atoms with Crippen molar-refractivity contribution in [1.82, 2.24) is 9.97 Å². The number of esters is 1. The average molecular weight is 513 g/mol. The number of rotatable bonds is 22. The molecule has 0 bridgehead atoms. The Labute approximate surface area is 224 Å². The van der Waals surface area contributed by atoms with E-state index in [1.54, 1.807) is 12.4 Å². The van der Waals surface area contributed by atoms with Crippen molar-refractivity contribution < 1.29 is 19.0 Å².